The standard InChI is InChI=1S/C23H29N3O4S2/c1-3-14-24-23(28)20-6-4-5-7-21(20)25-22(27)17-12-15-26(16-13-17)32(29,30)19-10-8-18(31-2)9-11-19/h4-11,17H,3,12-16H2,1-2H3,(H,24,28)(H,25,27). The molecule has 0 bridgehead atoms. The summed E-state index contributed by atoms with van der Waals surface area (Å²) in [5.41, 5.74) is 0.887. The van der Waals surface area contributed by atoms with Gasteiger partial charge in [-0.05, 0) is 61.9 Å². The van der Waals surface area contributed by atoms with Crippen LogP contribution in [0, 0.1) is 5.92 Å². The Morgan fingerprint density at radius 3 is 2.34 bits per heavy atom. The highest BCUT2D eigenvalue weighted by atomic mass is 32.2. The van der Waals surface area contributed by atoms with Crippen molar-refractivity contribution in [2.45, 2.75) is 36.0 Å². The quantitative estimate of drug-likeness (QED) is 0.569. The van der Waals surface area contributed by atoms with E-state index in [9.17, 15) is 18.0 Å². The van der Waals surface area contributed by atoms with E-state index in [0.717, 1.165) is 11.3 Å². The molecule has 2 N–H and O–H groups in total. The summed E-state index contributed by atoms with van der Waals surface area (Å²) in [4.78, 5) is 26.5. The van der Waals surface area contributed by atoms with Crippen LogP contribution in [0.1, 0.15) is 36.5 Å². The number of carbonyl (C=O) groups is 2. The summed E-state index contributed by atoms with van der Waals surface area (Å²) in [5, 5.41) is 5.69. The molecule has 32 heavy (non-hydrogen) atoms. The Hall–Kier alpha value is -2.36. The second kappa shape index (κ2) is 11.0. The zero-order chi connectivity index (χ0) is 23.1. The molecular formula is C23H29N3O4S2. The fourth-order valence-electron chi connectivity index (χ4n) is 3.61. The zero-order valence-corrected chi connectivity index (χ0v) is 20.0. The van der Waals surface area contributed by atoms with Gasteiger partial charge in [0.1, 0.15) is 0 Å². The van der Waals surface area contributed by atoms with Gasteiger partial charge >= 0.3 is 0 Å². The van der Waals surface area contributed by atoms with Crippen LogP contribution in [0.5, 0.6) is 0 Å². The minimum absolute atomic E-state index is 0.192. The number of carbonyl (C=O) groups excluding carboxylic acids is 2. The molecule has 2 amide bonds. The van der Waals surface area contributed by atoms with Crippen LogP contribution >= 0.6 is 11.8 Å². The van der Waals surface area contributed by atoms with Gasteiger partial charge in [0.15, 0.2) is 0 Å². The lowest BCUT2D eigenvalue weighted by atomic mass is 9.97. The Bertz CT molecular complexity index is 1050. The minimum Gasteiger partial charge on any atom is -0.352 e. The van der Waals surface area contributed by atoms with Gasteiger partial charge in [0, 0.05) is 30.4 Å². The summed E-state index contributed by atoms with van der Waals surface area (Å²) < 4.78 is 27.3. The van der Waals surface area contributed by atoms with Crippen molar-refractivity contribution in [3.63, 3.8) is 0 Å². The van der Waals surface area contributed by atoms with Crippen LogP contribution in [-0.2, 0) is 14.8 Å². The fourth-order valence-corrected chi connectivity index (χ4v) is 5.49. The number of benzene rings is 2. The van der Waals surface area contributed by atoms with E-state index in [1.807, 2.05) is 13.2 Å². The number of hydrogen-bond donors (Lipinski definition) is 2. The number of sulfonamides is 1. The van der Waals surface area contributed by atoms with E-state index in [0.29, 0.717) is 30.6 Å². The topological polar surface area (TPSA) is 95.6 Å². The van der Waals surface area contributed by atoms with Crippen LogP contribution in [0.15, 0.2) is 58.3 Å². The molecule has 2 aromatic rings. The number of nitrogens with one attached hydrogen (secondary N) is 2. The Morgan fingerprint density at radius 2 is 1.72 bits per heavy atom. The molecule has 7 nitrogen and oxygen atoms in total. The molecule has 1 aliphatic heterocycles. The normalized spacial score (nSPS) is 15.3. The van der Waals surface area contributed by atoms with Gasteiger partial charge in [-0.15, -0.1) is 11.8 Å². The van der Waals surface area contributed by atoms with E-state index in [1.54, 1.807) is 60.3 Å². The summed E-state index contributed by atoms with van der Waals surface area (Å²) in [5.74, 6) is -0.731. The molecule has 1 aliphatic rings. The SMILES string of the molecule is CCCNC(=O)c1ccccc1NC(=O)C1CCN(S(=O)(=O)c2ccc(SC)cc2)CC1. The number of anilines is 1. The second-order valence-electron chi connectivity index (χ2n) is 7.64. The molecule has 0 aliphatic carbocycles. The number of hydrogen-bond acceptors (Lipinski definition) is 5. The van der Waals surface area contributed by atoms with Crippen LogP contribution in [0.4, 0.5) is 5.69 Å². The first kappa shape index (κ1) is 24.3. The van der Waals surface area contributed by atoms with Crippen LogP contribution in [0.25, 0.3) is 0 Å². The maximum atomic E-state index is 12.9. The van der Waals surface area contributed by atoms with Crippen LogP contribution in [0.2, 0.25) is 0 Å². The average molecular weight is 476 g/mol. The van der Waals surface area contributed by atoms with Crippen molar-refractivity contribution in [2.24, 2.45) is 5.92 Å². The largest absolute Gasteiger partial charge is 0.352 e. The molecule has 0 radical (unpaired) electrons. The maximum absolute atomic E-state index is 12.9. The number of para-hydroxylation sites is 1. The molecular weight excluding hydrogens is 446 g/mol. The summed E-state index contributed by atoms with van der Waals surface area (Å²) in [6, 6.07) is 13.8. The third kappa shape index (κ3) is 5.70. The Kier molecular flexibility index (Phi) is 8.33. The molecule has 0 aromatic heterocycles. The first-order valence-electron chi connectivity index (χ1n) is 10.7. The molecule has 0 spiro atoms. The lowest BCUT2D eigenvalue weighted by Crippen LogP contribution is -2.41. The van der Waals surface area contributed by atoms with Crippen molar-refractivity contribution in [1.29, 1.82) is 0 Å². The molecule has 172 valence electrons. The van der Waals surface area contributed by atoms with Crippen molar-refractivity contribution >= 4 is 39.3 Å². The van der Waals surface area contributed by atoms with Gasteiger partial charge in [-0.1, -0.05) is 19.1 Å². The number of rotatable bonds is 8. The molecule has 0 atom stereocenters. The summed E-state index contributed by atoms with van der Waals surface area (Å²) in [7, 11) is -3.58. The monoisotopic (exact) mass is 475 g/mol. The van der Waals surface area contributed by atoms with Crippen molar-refractivity contribution in [2.75, 3.05) is 31.2 Å². The van der Waals surface area contributed by atoms with E-state index in [2.05, 4.69) is 10.6 Å². The maximum Gasteiger partial charge on any atom is 0.253 e. The van der Waals surface area contributed by atoms with E-state index in [-0.39, 0.29) is 35.7 Å². The summed E-state index contributed by atoms with van der Waals surface area (Å²) >= 11 is 1.56. The van der Waals surface area contributed by atoms with Crippen LogP contribution in [-0.4, -0.2) is 50.4 Å². The van der Waals surface area contributed by atoms with Crippen molar-refractivity contribution in [3.05, 3.63) is 54.1 Å². The van der Waals surface area contributed by atoms with E-state index in [4.69, 9.17) is 0 Å². The molecule has 1 fully saturated rings. The smallest absolute Gasteiger partial charge is 0.253 e. The van der Waals surface area contributed by atoms with Gasteiger partial charge < -0.3 is 10.6 Å². The Morgan fingerprint density at radius 1 is 1.06 bits per heavy atom. The van der Waals surface area contributed by atoms with Gasteiger partial charge in [0.25, 0.3) is 5.91 Å². The van der Waals surface area contributed by atoms with Crippen molar-refractivity contribution in [3.8, 4) is 0 Å². The highest BCUT2D eigenvalue weighted by molar-refractivity contribution is 7.98. The predicted molar refractivity (Wildman–Crippen MR) is 127 cm³/mol. The molecule has 3 rings (SSSR count). The Labute approximate surface area is 194 Å². The first-order valence-corrected chi connectivity index (χ1v) is 13.4. The summed E-state index contributed by atoms with van der Waals surface area (Å²) in [6.07, 6.45) is 3.62. The highest BCUT2D eigenvalue weighted by Crippen LogP contribution is 2.26. The molecule has 1 heterocycles. The van der Waals surface area contributed by atoms with E-state index in [1.165, 1.54) is 4.31 Å². The van der Waals surface area contributed by atoms with Crippen molar-refractivity contribution < 1.29 is 18.0 Å². The molecule has 0 saturated carbocycles. The highest BCUT2D eigenvalue weighted by Gasteiger charge is 2.32. The molecule has 9 heteroatoms. The number of nitrogens with zero attached hydrogens (tertiary/aromatic N) is 1. The Balaban J connectivity index is 1.62. The molecule has 1 saturated heterocycles. The van der Waals surface area contributed by atoms with Crippen molar-refractivity contribution in [1.82, 2.24) is 9.62 Å². The summed E-state index contributed by atoms with van der Waals surface area (Å²) in [6.45, 7) is 3.10. The van der Waals surface area contributed by atoms with Gasteiger partial charge in [-0.3, -0.25) is 9.59 Å². The van der Waals surface area contributed by atoms with Gasteiger partial charge in [0.05, 0.1) is 16.1 Å². The number of thioether (sulfide) groups is 1. The van der Waals surface area contributed by atoms with Crippen LogP contribution < -0.4 is 10.6 Å². The average Bonchev–Trinajstić information content (AvgIpc) is 2.83. The third-order valence-electron chi connectivity index (χ3n) is 5.49. The zero-order valence-electron chi connectivity index (χ0n) is 18.3. The lowest BCUT2D eigenvalue weighted by Gasteiger charge is -2.30. The van der Waals surface area contributed by atoms with Crippen LogP contribution in [0.3, 0.4) is 0 Å². The predicted octanol–water partition coefficient (Wildman–Crippen LogP) is 3.59. The van der Waals surface area contributed by atoms with Gasteiger partial charge in [-0.2, -0.15) is 4.31 Å². The van der Waals surface area contributed by atoms with E-state index >= 15 is 0 Å². The number of amides is 2. The second-order valence-corrected chi connectivity index (χ2v) is 10.5. The lowest BCUT2D eigenvalue weighted by molar-refractivity contribution is -0.120. The number of piperidine rings is 1. The first-order chi connectivity index (χ1) is 15.4. The third-order valence-corrected chi connectivity index (χ3v) is 8.14. The fraction of sp³-hybridized carbons (Fsp3) is 0.391. The minimum atomic E-state index is -3.58. The van der Waals surface area contributed by atoms with Gasteiger partial charge in [-0.25, -0.2) is 8.42 Å². The molecule has 0 unspecified atom stereocenters. The van der Waals surface area contributed by atoms with Gasteiger partial charge in [0.2, 0.25) is 15.9 Å². The van der Waals surface area contributed by atoms with E-state index < -0.39 is 10.0 Å². The molecule has 2 aromatic carbocycles.